The van der Waals surface area contributed by atoms with Crippen molar-refractivity contribution < 1.29 is 13.9 Å². The summed E-state index contributed by atoms with van der Waals surface area (Å²) in [6, 6.07) is 16.5. The lowest BCUT2D eigenvalue weighted by molar-refractivity contribution is -0.138. The molecule has 0 N–H and O–H groups in total. The van der Waals surface area contributed by atoms with Gasteiger partial charge in [0.05, 0.1) is 0 Å². The molecule has 0 fully saturated rings. The predicted molar refractivity (Wildman–Crippen MR) is 98.1 cm³/mol. The van der Waals surface area contributed by atoms with Gasteiger partial charge in [0, 0.05) is 30.6 Å². The molecule has 0 aliphatic carbocycles. The molecule has 5 nitrogen and oxygen atoms in total. The Morgan fingerprint density at radius 3 is 2.73 bits per heavy atom. The Morgan fingerprint density at radius 2 is 1.88 bits per heavy atom. The van der Waals surface area contributed by atoms with E-state index in [0.717, 1.165) is 11.8 Å². The number of carbonyl (C=O) groups is 1. The van der Waals surface area contributed by atoms with Crippen molar-refractivity contribution in [2.24, 2.45) is 0 Å². The Labute approximate surface area is 150 Å². The van der Waals surface area contributed by atoms with Gasteiger partial charge in [-0.15, -0.1) is 0 Å². The highest BCUT2D eigenvalue weighted by atomic mass is 16.5. The van der Waals surface area contributed by atoms with E-state index in [0.29, 0.717) is 24.4 Å². The van der Waals surface area contributed by atoms with Crippen LogP contribution >= 0.6 is 0 Å². The fourth-order valence-corrected chi connectivity index (χ4v) is 3.31. The van der Waals surface area contributed by atoms with Crippen LogP contribution in [0.4, 0.5) is 0 Å². The first-order valence-corrected chi connectivity index (χ1v) is 8.66. The lowest BCUT2D eigenvalue weighted by Gasteiger charge is -2.31. The van der Waals surface area contributed by atoms with Crippen LogP contribution in [0.5, 0.6) is 5.75 Å². The Bertz CT molecular complexity index is 1020. The van der Waals surface area contributed by atoms with Crippen LogP contribution in [0.15, 0.2) is 63.8 Å². The monoisotopic (exact) mass is 349 g/mol. The maximum atomic E-state index is 12.8. The second-order valence-electron chi connectivity index (χ2n) is 6.49. The molecule has 0 radical (unpaired) electrons. The largest absolute Gasteiger partial charge is 0.481 e. The number of rotatable bonds is 3. The first-order chi connectivity index (χ1) is 12.6. The summed E-state index contributed by atoms with van der Waals surface area (Å²) in [5, 5.41) is 0.809. The minimum atomic E-state index is -0.617. The highest BCUT2D eigenvalue weighted by Gasteiger charge is 2.25. The SMILES string of the molecule is CC(Oc1ccc2ccc(=O)oc2c1)C(=O)N1CCc2ccccc2C1. The van der Waals surface area contributed by atoms with Crippen LogP contribution < -0.4 is 10.4 Å². The summed E-state index contributed by atoms with van der Waals surface area (Å²) in [6.07, 6.45) is 0.239. The van der Waals surface area contributed by atoms with Crippen LogP contribution in [0.2, 0.25) is 0 Å². The van der Waals surface area contributed by atoms with Gasteiger partial charge in [0.2, 0.25) is 0 Å². The van der Waals surface area contributed by atoms with Crippen molar-refractivity contribution in [2.45, 2.75) is 26.0 Å². The van der Waals surface area contributed by atoms with E-state index >= 15 is 0 Å². The van der Waals surface area contributed by atoms with Crippen molar-refractivity contribution >= 4 is 16.9 Å². The molecule has 4 rings (SSSR count). The molecule has 0 saturated carbocycles. The molecule has 26 heavy (non-hydrogen) atoms. The molecule has 1 aliphatic rings. The number of benzene rings is 2. The summed E-state index contributed by atoms with van der Waals surface area (Å²) in [7, 11) is 0. The van der Waals surface area contributed by atoms with Gasteiger partial charge in [-0.25, -0.2) is 4.79 Å². The molecule has 0 bridgehead atoms. The van der Waals surface area contributed by atoms with Crippen molar-refractivity contribution in [3.8, 4) is 5.75 Å². The zero-order chi connectivity index (χ0) is 18.1. The van der Waals surface area contributed by atoms with Crippen LogP contribution in [0.1, 0.15) is 18.1 Å². The molecule has 3 aromatic rings. The fourth-order valence-electron chi connectivity index (χ4n) is 3.31. The summed E-state index contributed by atoms with van der Waals surface area (Å²) < 4.78 is 11.0. The standard InChI is InChI=1S/C21H19NO4/c1-14(21(24)22-11-10-15-4-2-3-5-17(15)13-22)25-18-8-6-16-7-9-20(23)26-19(16)12-18/h2-9,12,14H,10-11,13H2,1H3. The summed E-state index contributed by atoms with van der Waals surface area (Å²) in [6.45, 7) is 3.04. The second kappa shape index (κ2) is 6.67. The average molecular weight is 349 g/mol. The molecule has 0 saturated heterocycles. The minimum absolute atomic E-state index is 0.0471. The highest BCUT2D eigenvalue weighted by Crippen LogP contribution is 2.23. The van der Waals surface area contributed by atoms with Crippen LogP contribution in [-0.4, -0.2) is 23.5 Å². The Kier molecular flexibility index (Phi) is 4.21. The summed E-state index contributed by atoms with van der Waals surface area (Å²) in [5.41, 5.74) is 2.52. The van der Waals surface area contributed by atoms with Crippen molar-refractivity contribution in [2.75, 3.05) is 6.54 Å². The van der Waals surface area contributed by atoms with Crippen LogP contribution in [0.25, 0.3) is 11.0 Å². The Balaban J connectivity index is 1.48. The van der Waals surface area contributed by atoms with Crippen molar-refractivity contribution in [3.05, 3.63) is 76.1 Å². The van der Waals surface area contributed by atoms with Gasteiger partial charge >= 0.3 is 5.63 Å². The maximum absolute atomic E-state index is 12.8. The van der Waals surface area contributed by atoms with E-state index in [4.69, 9.17) is 9.15 Å². The molecule has 2 heterocycles. The van der Waals surface area contributed by atoms with Gasteiger partial charge in [-0.05, 0) is 42.7 Å². The summed E-state index contributed by atoms with van der Waals surface area (Å²) >= 11 is 0. The topological polar surface area (TPSA) is 59.8 Å². The van der Waals surface area contributed by atoms with Crippen molar-refractivity contribution in [1.82, 2.24) is 4.90 Å². The number of hydrogen-bond donors (Lipinski definition) is 0. The number of amides is 1. The van der Waals surface area contributed by atoms with E-state index < -0.39 is 11.7 Å². The summed E-state index contributed by atoms with van der Waals surface area (Å²) in [5.74, 6) is 0.458. The average Bonchev–Trinajstić information content (AvgIpc) is 2.66. The first-order valence-electron chi connectivity index (χ1n) is 8.66. The fraction of sp³-hybridized carbons (Fsp3) is 0.238. The van der Waals surface area contributed by atoms with E-state index in [1.54, 1.807) is 25.1 Å². The van der Waals surface area contributed by atoms with Crippen molar-refractivity contribution in [1.29, 1.82) is 0 Å². The molecular formula is C21H19NO4. The number of nitrogens with zero attached hydrogens (tertiary/aromatic N) is 1. The summed E-state index contributed by atoms with van der Waals surface area (Å²) in [4.78, 5) is 25.9. The third-order valence-electron chi connectivity index (χ3n) is 4.70. The number of ether oxygens (including phenoxy) is 1. The Morgan fingerprint density at radius 1 is 1.12 bits per heavy atom. The molecule has 132 valence electrons. The molecule has 1 aliphatic heterocycles. The number of carbonyl (C=O) groups excluding carboxylic acids is 1. The van der Waals surface area contributed by atoms with Crippen LogP contribution in [-0.2, 0) is 17.8 Å². The van der Waals surface area contributed by atoms with Gasteiger partial charge in [-0.1, -0.05) is 24.3 Å². The normalized spacial score (nSPS) is 14.7. The maximum Gasteiger partial charge on any atom is 0.336 e. The van der Waals surface area contributed by atoms with Crippen LogP contribution in [0.3, 0.4) is 0 Å². The molecule has 2 aromatic carbocycles. The number of fused-ring (bicyclic) bond motifs is 2. The zero-order valence-corrected chi connectivity index (χ0v) is 14.5. The van der Waals surface area contributed by atoms with E-state index in [1.807, 2.05) is 23.1 Å². The van der Waals surface area contributed by atoms with Crippen LogP contribution in [0, 0.1) is 0 Å². The third kappa shape index (κ3) is 3.20. The van der Waals surface area contributed by atoms with E-state index in [2.05, 4.69) is 12.1 Å². The van der Waals surface area contributed by atoms with Crippen molar-refractivity contribution in [3.63, 3.8) is 0 Å². The van der Waals surface area contributed by atoms with E-state index in [1.165, 1.54) is 17.2 Å². The minimum Gasteiger partial charge on any atom is -0.481 e. The molecule has 0 spiro atoms. The molecule has 1 aromatic heterocycles. The number of hydrogen-bond acceptors (Lipinski definition) is 4. The van der Waals surface area contributed by atoms with Gasteiger partial charge in [-0.3, -0.25) is 4.79 Å². The Hall–Kier alpha value is -3.08. The molecule has 1 unspecified atom stereocenters. The second-order valence-corrected chi connectivity index (χ2v) is 6.49. The smallest absolute Gasteiger partial charge is 0.336 e. The van der Waals surface area contributed by atoms with Gasteiger partial charge in [-0.2, -0.15) is 0 Å². The third-order valence-corrected chi connectivity index (χ3v) is 4.70. The van der Waals surface area contributed by atoms with Gasteiger partial charge in [0.1, 0.15) is 11.3 Å². The van der Waals surface area contributed by atoms with E-state index in [-0.39, 0.29) is 5.91 Å². The van der Waals surface area contributed by atoms with E-state index in [9.17, 15) is 9.59 Å². The zero-order valence-electron chi connectivity index (χ0n) is 14.5. The lowest BCUT2D eigenvalue weighted by Crippen LogP contribution is -2.43. The van der Waals surface area contributed by atoms with Gasteiger partial charge in [0.15, 0.2) is 6.10 Å². The van der Waals surface area contributed by atoms with Gasteiger partial charge < -0.3 is 14.1 Å². The highest BCUT2D eigenvalue weighted by molar-refractivity contribution is 5.82. The van der Waals surface area contributed by atoms with Gasteiger partial charge in [0.25, 0.3) is 5.91 Å². The molecule has 5 heteroatoms. The molecule has 1 amide bonds. The first kappa shape index (κ1) is 16.4. The predicted octanol–water partition coefficient (Wildman–Crippen LogP) is 3.15. The lowest BCUT2D eigenvalue weighted by atomic mass is 9.99. The molecule has 1 atom stereocenters. The molecular weight excluding hydrogens is 330 g/mol. The quantitative estimate of drug-likeness (QED) is 0.682.